The van der Waals surface area contributed by atoms with Gasteiger partial charge in [0, 0.05) is 0 Å². The smallest absolute Gasteiger partial charge is 0.411 e. The third-order valence-corrected chi connectivity index (χ3v) is 1.55. The van der Waals surface area contributed by atoms with Crippen LogP contribution in [0.15, 0.2) is 24.3 Å². The van der Waals surface area contributed by atoms with Crippen LogP contribution in [0.4, 0.5) is 14.9 Å². The predicted octanol–water partition coefficient (Wildman–Crippen LogP) is 2.78. The normalized spacial score (nSPS) is 9.57. The van der Waals surface area contributed by atoms with E-state index in [0.29, 0.717) is 6.61 Å². The minimum absolute atomic E-state index is 0.133. The van der Waals surface area contributed by atoms with Crippen LogP contribution in [0.2, 0.25) is 0 Å². The van der Waals surface area contributed by atoms with Crippen LogP contribution in [0.5, 0.6) is 0 Å². The van der Waals surface area contributed by atoms with Gasteiger partial charge in [0.2, 0.25) is 0 Å². The fraction of sp³-hybridized carbons (Fsp3) is 0.300. The Morgan fingerprint density at radius 3 is 2.86 bits per heavy atom. The quantitative estimate of drug-likeness (QED) is 0.809. The summed E-state index contributed by atoms with van der Waals surface area (Å²) in [6.07, 6.45) is 0.113. The monoisotopic (exact) mass is 197 g/mol. The Labute approximate surface area is 81.9 Å². The maximum atomic E-state index is 13.0. The maximum Gasteiger partial charge on any atom is 0.411 e. The molecule has 76 valence electrons. The number of para-hydroxylation sites is 1. The van der Waals surface area contributed by atoms with E-state index < -0.39 is 11.9 Å². The molecule has 0 unspecified atom stereocenters. The lowest BCUT2D eigenvalue weighted by molar-refractivity contribution is 0.161. The third-order valence-electron chi connectivity index (χ3n) is 1.55. The minimum atomic E-state index is -0.628. The van der Waals surface area contributed by atoms with E-state index >= 15 is 0 Å². The van der Waals surface area contributed by atoms with Crippen molar-refractivity contribution in [3.8, 4) is 0 Å². The van der Waals surface area contributed by atoms with Crippen molar-refractivity contribution >= 4 is 11.8 Å². The van der Waals surface area contributed by atoms with Gasteiger partial charge in [-0.15, -0.1) is 0 Å². The molecule has 0 saturated carbocycles. The molecule has 1 aromatic rings. The average molecular weight is 197 g/mol. The average Bonchev–Trinajstić information content (AvgIpc) is 2.18. The lowest BCUT2D eigenvalue weighted by atomic mass is 10.3. The molecule has 0 aliphatic heterocycles. The first-order valence-corrected chi connectivity index (χ1v) is 4.42. The number of carbonyl (C=O) groups excluding carboxylic acids is 1. The zero-order valence-corrected chi connectivity index (χ0v) is 7.92. The van der Waals surface area contributed by atoms with Gasteiger partial charge in [0.25, 0.3) is 0 Å². The van der Waals surface area contributed by atoms with E-state index in [9.17, 15) is 9.18 Å². The number of ether oxygens (including phenoxy) is 1. The lowest BCUT2D eigenvalue weighted by Gasteiger charge is -2.06. The van der Waals surface area contributed by atoms with Crippen molar-refractivity contribution in [1.29, 1.82) is 0 Å². The van der Waals surface area contributed by atoms with Crippen LogP contribution < -0.4 is 5.32 Å². The number of hydrogen-bond acceptors (Lipinski definition) is 2. The summed E-state index contributed by atoms with van der Waals surface area (Å²) in [4.78, 5) is 11.0. The summed E-state index contributed by atoms with van der Waals surface area (Å²) in [5, 5.41) is 2.31. The van der Waals surface area contributed by atoms with E-state index in [-0.39, 0.29) is 5.69 Å². The highest BCUT2D eigenvalue weighted by atomic mass is 19.1. The number of hydrogen-bond donors (Lipinski definition) is 1. The van der Waals surface area contributed by atoms with Gasteiger partial charge in [0.15, 0.2) is 0 Å². The molecule has 1 aromatic carbocycles. The standard InChI is InChI=1S/C10H12FNO2/c1-2-7-14-10(13)12-9-6-4-3-5-8(9)11/h3-6H,2,7H2,1H3,(H,12,13). The Morgan fingerprint density at radius 2 is 2.21 bits per heavy atom. The molecule has 0 radical (unpaired) electrons. The Morgan fingerprint density at radius 1 is 1.50 bits per heavy atom. The largest absolute Gasteiger partial charge is 0.449 e. The molecule has 0 spiro atoms. The van der Waals surface area contributed by atoms with E-state index in [0.717, 1.165) is 6.42 Å². The highest BCUT2D eigenvalue weighted by Gasteiger charge is 2.05. The number of halogens is 1. The summed E-state index contributed by atoms with van der Waals surface area (Å²) < 4.78 is 17.7. The van der Waals surface area contributed by atoms with Gasteiger partial charge in [-0.2, -0.15) is 0 Å². The number of carbonyl (C=O) groups is 1. The van der Waals surface area contributed by atoms with E-state index in [4.69, 9.17) is 4.74 Å². The number of nitrogens with one attached hydrogen (secondary N) is 1. The molecule has 0 aromatic heterocycles. The molecule has 1 amide bonds. The van der Waals surface area contributed by atoms with Gasteiger partial charge < -0.3 is 4.74 Å². The summed E-state index contributed by atoms with van der Waals surface area (Å²) in [5.74, 6) is -0.471. The second-order valence-electron chi connectivity index (χ2n) is 2.74. The summed E-state index contributed by atoms with van der Waals surface area (Å²) in [5.41, 5.74) is 0.133. The number of amides is 1. The Bertz CT molecular complexity index is 315. The molecule has 0 saturated heterocycles. The molecule has 0 fully saturated rings. The first-order chi connectivity index (χ1) is 6.74. The highest BCUT2D eigenvalue weighted by Crippen LogP contribution is 2.12. The minimum Gasteiger partial charge on any atom is -0.449 e. The first-order valence-electron chi connectivity index (χ1n) is 4.42. The second-order valence-corrected chi connectivity index (χ2v) is 2.74. The molecular weight excluding hydrogens is 185 g/mol. The molecule has 3 nitrogen and oxygen atoms in total. The van der Waals surface area contributed by atoms with E-state index in [1.165, 1.54) is 12.1 Å². The van der Waals surface area contributed by atoms with Crippen molar-refractivity contribution in [1.82, 2.24) is 0 Å². The van der Waals surface area contributed by atoms with E-state index in [2.05, 4.69) is 5.32 Å². The molecule has 14 heavy (non-hydrogen) atoms. The van der Waals surface area contributed by atoms with Gasteiger partial charge in [0.1, 0.15) is 5.82 Å². The van der Waals surface area contributed by atoms with Gasteiger partial charge in [-0.05, 0) is 18.6 Å². The number of rotatable bonds is 3. The summed E-state index contributed by atoms with van der Waals surface area (Å²) in [7, 11) is 0. The second kappa shape index (κ2) is 5.21. The number of anilines is 1. The van der Waals surface area contributed by atoms with Crippen molar-refractivity contribution in [2.45, 2.75) is 13.3 Å². The lowest BCUT2D eigenvalue weighted by Crippen LogP contribution is -2.14. The van der Waals surface area contributed by atoms with Crippen molar-refractivity contribution in [3.63, 3.8) is 0 Å². The molecule has 0 aliphatic rings. The molecule has 0 aliphatic carbocycles. The zero-order chi connectivity index (χ0) is 10.4. The van der Waals surface area contributed by atoms with Crippen LogP contribution in [-0.4, -0.2) is 12.7 Å². The van der Waals surface area contributed by atoms with Gasteiger partial charge in [-0.3, -0.25) is 5.32 Å². The highest BCUT2D eigenvalue weighted by molar-refractivity contribution is 5.84. The fourth-order valence-electron chi connectivity index (χ4n) is 0.903. The molecule has 0 atom stereocenters. The van der Waals surface area contributed by atoms with Crippen LogP contribution >= 0.6 is 0 Å². The first kappa shape index (κ1) is 10.5. The fourth-order valence-corrected chi connectivity index (χ4v) is 0.903. The van der Waals surface area contributed by atoms with Crippen LogP contribution in [0, 0.1) is 5.82 Å². The molecule has 0 heterocycles. The molecule has 1 rings (SSSR count). The predicted molar refractivity (Wildman–Crippen MR) is 51.7 cm³/mol. The molecule has 1 N–H and O–H groups in total. The Hall–Kier alpha value is -1.58. The van der Waals surface area contributed by atoms with Crippen molar-refractivity contribution in [2.75, 3.05) is 11.9 Å². The SMILES string of the molecule is CCCOC(=O)Nc1ccccc1F. The van der Waals surface area contributed by atoms with Crippen LogP contribution in [0.25, 0.3) is 0 Å². The Balaban J connectivity index is 2.52. The van der Waals surface area contributed by atoms with Crippen LogP contribution in [-0.2, 0) is 4.74 Å². The van der Waals surface area contributed by atoms with Crippen molar-refractivity contribution in [2.24, 2.45) is 0 Å². The summed E-state index contributed by atoms with van der Waals surface area (Å²) >= 11 is 0. The van der Waals surface area contributed by atoms with Gasteiger partial charge in [-0.1, -0.05) is 19.1 Å². The Kier molecular flexibility index (Phi) is 3.91. The molecule has 4 heteroatoms. The van der Waals surface area contributed by atoms with E-state index in [1.54, 1.807) is 12.1 Å². The third kappa shape index (κ3) is 3.05. The zero-order valence-electron chi connectivity index (χ0n) is 7.92. The molecular formula is C10H12FNO2. The van der Waals surface area contributed by atoms with Gasteiger partial charge in [0.05, 0.1) is 12.3 Å². The van der Waals surface area contributed by atoms with Crippen LogP contribution in [0.3, 0.4) is 0 Å². The van der Waals surface area contributed by atoms with Crippen LogP contribution in [0.1, 0.15) is 13.3 Å². The molecule has 0 bridgehead atoms. The van der Waals surface area contributed by atoms with E-state index in [1.807, 2.05) is 6.92 Å². The number of benzene rings is 1. The maximum absolute atomic E-state index is 13.0. The summed E-state index contributed by atoms with van der Waals surface area (Å²) in [6, 6.07) is 5.94. The summed E-state index contributed by atoms with van der Waals surface area (Å²) in [6.45, 7) is 2.22. The van der Waals surface area contributed by atoms with Gasteiger partial charge in [-0.25, -0.2) is 9.18 Å². The van der Waals surface area contributed by atoms with Crippen molar-refractivity contribution in [3.05, 3.63) is 30.1 Å². The van der Waals surface area contributed by atoms with Gasteiger partial charge >= 0.3 is 6.09 Å². The topological polar surface area (TPSA) is 38.3 Å². The van der Waals surface area contributed by atoms with Crippen molar-refractivity contribution < 1.29 is 13.9 Å².